The number of hydrogen-bond acceptors (Lipinski definition) is 6. The van der Waals surface area contributed by atoms with Crippen molar-refractivity contribution in [1.29, 1.82) is 0 Å². The lowest BCUT2D eigenvalue weighted by Gasteiger charge is -2.26. The Labute approximate surface area is 613 Å². The van der Waals surface area contributed by atoms with Crippen LogP contribution in [0.15, 0.2) is 333 Å². The van der Waals surface area contributed by atoms with Crippen molar-refractivity contribution in [1.82, 2.24) is 0 Å². The minimum atomic E-state index is -1.47. The van der Waals surface area contributed by atoms with Gasteiger partial charge in [-0.25, -0.2) is 0 Å². The molecule has 0 amide bonds. The van der Waals surface area contributed by atoms with Crippen molar-refractivity contribution in [3.63, 3.8) is 0 Å². The Bertz CT molecular complexity index is 5710. The van der Waals surface area contributed by atoms with Crippen LogP contribution in [0.5, 0.6) is 0 Å². The van der Waals surface area contributed by atoms with Crippen molar-refractivity contribution in [3.8, 4) is 55.6 Å². The lowest BCUT2D eigenvalue weighted by Crippen LogP contribution is -2.29. The zero-order chi connectivity index (χ0) is 68.4. The molecule has 2 aliphatic carbocycles. The maximum Gasteiger partial charge on any atom is 0.488 e. The van der Waals surface area contributed by atoms with Gasteiger partial charge in [-0.15, -0.1) is 0 Å². The van der Waals surface area contributed by atoms with Gasteiger partial charge in [0.15, 0.2) is 0 Å². The molecule has 484 valence electrons. The Morgan fingerprint density at radius 2 is 0.650 bits per heavy atom. The quantitative estimate of drug-likeness (QED) is 0.105. The highest BCUT2D eigenvalue weighted by molar-refractivity contribution is 14.1. The highest BCUT2D eigenvalue weighted by atomic mass is 127. The predicted octanol–water partition coefficient (Wildman–Crippen LogP) is 25.2. The molecule has 0 saturated heterocycles. The monoisotopic (exact) mass is 1530 g/mol. The van der Waals surface area contributed by atoms with E-state index in [0.29, 0.717) is 5.46 Å². The molecule has 2 N–H and O–H groups in total. The summed E-state index contributed by atoms with van der Waals surface area (Å²) in [5.41, 5.74) is 27.8. The number of hydrogen-bond donors (Lipinski definition) is 2. The van der Waals surface area contributed by atoms with Crippen LogP contribution < -0.4 is 15.3 Å². The molecule has 6 nitrogen and oxygen atoms in total. The van der Waals surface area contributed by atoms with Gasteiger partial charge in [0, 0.05) is 92.1 Å². The van der Waals surface area contributed by atoms with Gasteiger partial charge in [-0.2, -0.15) is 0 Å². The standard InChI is InChI=1S/C45H32BrNO.C24H20BNO2.C21H14BrIO/c1-45(2)38-19-10-9-16-36(38)41-39(45)28-40(46)42-37-18-11-17-35(43(37)48-44(41)42)31-22-26-34(27-23-31)47(32-14-7-4-8-15-32)33-24-20-30(21-25-33)29-12-5-3-6-13-29;27-25(28)21-13-17-24(18-14-21)26(22-9-5-2-6-10-22)23-15-11-20(12-16-23)19-7-3-1-4-8-19;1-21(2)13-8-4-3-6-11(13)17-14(21)10-15(22)18-12-7-5-9-16(23)19(12)24-20(17)18/h3-28H,1-2H3;1-18,27-28H;3-10H,1-2H3. The van der Waals surface area contributed by atoms with E-state index in [1.54, 1.807) is 12.1 Å². The highest BCUT2D eigenvalue weighted by Crippen LogP contribution is 2.57. The highest BCUT2D eigenvalue weighted by Gasteiger charge is 2.40. The molecule has 0 bridgehead atoms. The topological polar surface area (TPSA) is 73.2 Å². The molecule has 18 rings (SSSR count). The van der Waals surface area contributed by atoms with Crippen LogP contribution in [-0.2, 0) is 10.8 Å². The summed E-state index contributed by atoms with van der Waals surface area (Å²) in [5.74, 6) is 0. The fraction of sp³-hybridized carbons (Fsp3) is 0.0667. The van der Waals surface area contributed by atoms with Crippen molar-refractivity contribution in [2.24, 2.45) is 0 Å². The fourth-order valence-electron chi connectivity index (χ4n) is 14.8. The van der Waals surface area contributed by atoms with Crippen molar-refractivity contribution in [2.75, 3.05) is 9.80 Å². The lowest BCUT2D eigenvalue weighted by atomic mass is 9.80. The van der Waals surface area contributed by atoms with Crippen molar-refractivity contribution in [2.45, 2.75) is 38.5 Å². The van der Waals surface area contributed by atoms with Gasteiger partial charge in [-0.1, -0.05) is 284 Å². The van der Waals surface area contributed by atoms with Gasteiger partial charge >= 0.3 is 7.12 Å². The maximum atomic E-state index is 9.37. The second-order valence-corrected chi connectivity index (χ2v) is 29.4. The van der Waals surface area contributed by atoms with E-state index >= 15 is 0 Å². The van der Waals surface area contributed by atoms with Gasteiger partial charge in [-0.3, -0.25) is 0 Å². The smallest absolute Gasteiger partial charge is 0.455 e. The van der Waals surface area contributed by atoms with Crippen molar-refractivity contribution >= 4 is 145 Å². The molecular weight excluding hydrogens is 1470 g/mol. The number of rotatable bonds is 10. The third-order valence-corrected chi connectivity index (χ3v) is 22.0. The van der Waals surface area contributed by atoms with Gasteiger partial charge in [0.05, 0.1) is 3.57 Å². The Hall–Kier alpha value is -10.0. The summed E-state index contributed by atoms with van der Waals surface area (Å²) < 4.78 is 16.7. The molecule has 0 radical (unpaired) electrons. The molecule has 0 unspecified atom stereocenters. The van der Waals surface area contributed by atoms with Crippen LogP contribution in [0.2, 0.25) is 0 Å². The molecule has 16 aromatic rings. The minimum Gasteiger partial charge on any atom is -0.455 e. The average Bonchev–Trinajstić information content (AvgIpc) is 1.55. The van der Waals surface area contributed by atoms with E-state index in [1.807, 2.05) is 48.5 Å². The van der Waals surface area contributed by atoms with Crippen molar-refractivity contribution in [3.05, 3.63) is 350 Å². The van der Waals surface area contributed by atoms with Crippen molar-refractivity contribution < 1.29 is 18.9 Å². The number of furan rings is 2. The minimum absolute atomic E-state index is 0.0191. The normalized spacial score (nSPS) is 12.8. The Kier molecular flexibility index (Phi) is 17.2. The van der Waals surface area contributed by atoms with E-state index in [4.69, 9.17) is 8.83 Å². The SMILES string of the molecule is CC1(C)c2ccccc2-c2c1cc(Br)c1c2oc2c(-c3ccc(N(c4ccccc4)c4ccc(-c5ccccc5)cc4)cc3)cccc21.CC1(C)c2ccccc2-c2c1cc(Br)c1c2oc2c(I)cccc21.OB(O)c1ccc(N(c2ccccc2)c2ccc(-c3ccccc3)cc2)cc1. The summed E-state index contributed by atoms with van der Waals surface area (Å²) in [6.07, 6.45) is 0. The molecule has 2 aliphatic rings. The van der Waals surface area contributed by atoms with Gasteiger partial charge in [0.1, 0.15) is 22.3 Å². The third-order valence-electron chi connectivity index (χ3n) is 19.9. The first-order chi connectivity index (χ1) is 48.7. The number of para-hydroxylation sites is 4. The van der Waals surface area contributed by atoms with Gasteiger partial charge in [0.25, 0.3) is 0 Å². The van der Waals surface area contributed by atoms with Crippen LogP contribution in [-0.4, -0.2) is 17.2 Å². The molecule has 100 heavy (non-hydrogen) atoms. The Balaban J connectivity index is 0.000000127. The van der Waals surface area contributed by atoms with Crippen LogP contribution in [0.3, 0.4) is 0 Å². The van der Waals surface area contributed by atoms with E-state index in [2.05, 4.69) is 347 Å². The fourth-order valence-corrected chi connectivity index (χ4v) is 16.7. The lowest BCUT2D eigenvalue weighted by molar-refractivity contribution is 0.426. The second-order valence-electron chi connectivity index (χ2n) is 26.5. The van der Waals surface area contributed by atoms with E-state index in [-0.39, 0.29) is 10.8 Å². The first kappa shape index (κ1) is 64.6. The summed E-state index contributed by atoms with van der Waals surface area (Å²) >= 11 is 10.1. The average molecular weight is 1540 g/mol. The molecule has 0 spiro atoms. The summed E-state index contributed by atoms with van der Waals surface area (Å²) in [4.78, 5) is 4.45. The first-order valence-electron chi connectivity index (χ1n) is 33.5. The number of fused-ring (bicyclic) bond motifs is 14. The summed E-state index contributed by atoms with van der Waals surface area (Å²) in [5, 5.41) is 23.3. The maximum absolute atomic E-state index is 9.37. The number of anilines is 6. The van der Waals surface area contributed by atoms with E-state index in [1.165, 1.54) is 72.0 Å². The first-order valence-corrected chi connectivity index (χ1v) is 36.2. The van der Waals surface area contributed by atoms with Crippen LogP contribution in [0.25, 0.3) is 99.5 Å². The molecular formula is C90H66BBr2IN2O4. The second kappa shape index (κ2) is 26.6. The van der Waals surface area contributed by atoms with Gasteiger partial charge in [-0.05, 0) is 180 Å². The largest absolute Gasteiger partial charge is 0.488 e. The third kappa shape index (κ3) is 11.6. The molecule has 14 aromatic carbocycles. The molecule has 2 aromatic heterocycles. The van der Waals surface area contributed by atoms with E-state index in [9.17, 15) is 10.0 Å². The van der Waals surface area contributed by atoms with Crippen LogP contribution >= 0.6 is 54.5 Å². The molecule has 2 heterocycles. The van der Waals surface area contributed by atoms with E-state index < -0.39 is 7.12 Å². The van der Waals surface area contributed by atoms with Crippen LogP contribution in [0.4, 0.5) is 34.1 Å². The van der Waals surface area contributed by atoms with Gasteiger partial charge < -0.3 is 28.7 Å². The zero-order valence-electron chi connectivity index (χ0n) is 55.3. The predicted molar refractivity (Wildman–Crippen MR) is 433 cm³/mol. The number of halogens is 3. The summed E-state index contributed by atoms with van der Waals surface area (Å²) in [6, 6.07) is 110. The molecule has 0 saturated carbocycles. The zero-order valence-corrected chi connectivity index (χ0v) is 60.7. The Morgan fingerprint density at radius 1 is 0.320 bits per heavy atom. The summed E-state index contributed by atoms with van der Waals surface area (Å²) in [6.45, 7) is 9.20. The number of nitrogens with zero attached hydrogens (tertiary/aromatic N) is 2. The van der Waals surface area contributed by atoms with Gasteiger partial charge in [0.2, 0.25) is 0 Å². The summed E-state index contributed by atoms with van der Waals surface area (Å²) in [7, 11) is -1.47. The molecule has 0 aliphatic heterocycles. The molecule has 0 fully saturated rings. The molecule has 10 heteroatoms. The Morgan fingerprint density at radius 3 is 1.08 bits per heavy atom. The number of benzene rings is 14. The van der Waals surface area contributed by atoms with Crippen LogP contribution in [0.1, 0.15) is 49.9 Å². The van der Waals surface area contributed by atoms with Crippen LogP contribution in [0, 0.1) is 3.57 Å². The molecule has 0 atom stereocenters. The van der Waals surface area contributed by atoms with E-state index in [0.717, 1.165) is 96.4 Å².